The molecule has 5 N–H and O–H groups in total. The average Bonchev–Trinajstić information content (AvgIpc) is 2.92. The highest BCUT2D eigenvalue weighted by molar-refractivity contribution is 5.98. The molecule has 2 heterocycles. The zero-order valence-corrected chi connectivity index (χ0v) is 21.3. The Kier molecular flexibility index (Phi) is 9.37. The second kappa shape index (κ2) is 12.7. The third kappa shape index (κ3) is 7.75. The van der Waals surface area contributed by atoms with Gasteiger partial charge in [0.15, 0.2) is 11.2 Å². The molecule has 0 atom stereocenters. The van der Waals surface area contributed by atoms with Crippen LogP contribution in [0.15, 0.2) is 71.4 Å². The lowest BCUT2D eigenvalue weighted by Crippen LogP contribution is -2.41. The lowest BCUT2D eigenvalue weighted by atomic mass is 10.1. The van der Waals surface area contributed by atoms with E-state index in [0.29, 0.717) is 24.3 Å². The number of amides is 2. The van der Waals surface area contributed by atoms with Crippen molar-refractivity contribution in [3.8, 4) is 0 Å². The number of allylic oxidation sites excluding steroid dienone is 4. The summed E-state index contributed by atoms with van der Waals surface area (Å²) in [4.78, 5) is 51.2. The molecule has 0 fully saturated rings. The maximum Gasteiger partial charge on any atom is 0.471 e. The zero-order chi connectivity index (χ0) is 29.4. The van der Waals surface area contributed by atoms with Crippen LogP contribution in [0.4, 0.5) is 24.8 Å². The monoisotopic (exact) mass is 557 g/mol. The van der Waals surface area contributed by atoms with Crippen LogP contribution >= 0.6 is 0 Å². The molecule has 0 radical (unpaired) electrons. The lowest BCUT2D eigenvalue weighted by molar-refractivity contribution is -0.170. The highest BCUT2D eigenvalue weighted by Gasteiger charge is 2.43. The summed E-state index contributed by atoms with van der Waals surface area (Å²) in [6.45, 7) is 4.99. The predicted octanol–water partition coefficient (Wildman–Crippen LogP) is 3.48. The van der Waals surface area contributed by atoms with E-state index in [0.717, 1.165) is 11.8 Å². The molecular formula is C26H26F3N7O4. The number of H-pyrrole nitrogens is 1. The van der Waals surface area contributed by atoms with Crippen molar-refractivity contribution in [2.45, 2.75) is 32.5 Å². The number of nitrogens with zero attached hydrogens (tertiary/aromatic N) is 4. The third-order valence-electron chi connectivity index (χ3n) is 5.52. The first-order valence-corrected chi connectivity index (χ1v) is 11.9. The molecule has 0 aliphatic carbocycles. The van der Waals surface area contributed by atoms with Crippen LogP contribution in [0.1, 0.15) is 35.8 Å². The average molecular weight is 558 g/mol. The van der Waals surface area contributed by atoms with Crippen molar-refractivity contribution in [1.29, 1.82) is 0 Å². The van der Waals surface area contributed by atoms with E-state index >= 15 is 0 Å². The molecule has 0 aliphatic heterocycles. The van der Waals surface area contributed by atoms with Crippen molar-refractivity contribution >= 4 is 34.6 Å². The minimum Gasteiger partial charge on any atom is -0.508 e. The number of carbonyl (C=O) groups excluding carboxylic acids is 2. The van der Waals surface area contributed by atoms with Crippen LogP contribution in [0.3, 0.4) is 0 Å². The van der Waals surface area contributed by atoms with Gasteiger partial charge in [0.2, 0.25) is 5.95 Å². The number of fused-ring (bicyclic) bond motifs is 1. The first-order valence-electron chi connectivity index (χ1n) is 11.9. The fraction of sp³-hybridized carbons (Fsp3) is 0.231. The first kappa shape index (κ1) is 29.5. The molecule has 0 unspecified atom stereocenters. The molecular weight excluding hydrogens is 531 g/mol. The lowest BCUT2D eigenvalue weighted by Gasteiger charge is -2.23. The Balaban J connectivity index is 1.72. The number of nitrogens with one attached hydrogen (secondary N) is 2. The number of benzene rings is 1. The molecule has 2 amide bonds. The number of rotatable bonds is 10. The second-order valence-electron chi connectivity index (χ2n) is 8.59. The number of anilines is 2. The van der Waals surface area contributed by atoms with Crippen LogP contribution in [0.5, 0.6) is 0 Å². The largest absolute Gasteiger partial charge is 0.508 e. The molecule has 0 spiro atoms. The number of nitrogen functional groups attached to an aromatic ring is 1. The quantitative estimate of drug-likeness (QED) is 0.167. The normalized spacial score (nSPS) is 12.3. The van der Waals surface area contributed by atoms with E-state index < -0.39 is 30.1 Å². The molecule has 14 heteroatoms. The van der Waals surface area contributed by atoms with E-state index in [9.17, 15) is 32.7 Å². The molecule has 2 aromatic heterocycles. The number of aromatic nitrogens is 4. The minimum absolute atomic E-state index is 0.0370. The van der Waals surface area contributed by atoms with E-state index in [-0.39, 0.29) is 39.8 Å². The van der Waals surface area contributed by atoms with Gasteiger partial charge in [0.25, 0.3) is 11.5 Å². The number of carbonyl (C=O) groups is 2. The van der Waals surface area contributed by atoms with Crippen molar-refractivity contribution in [3.05, 3.63) is 88.2 Å². The summed E-state index contributed by atoms with van der Waals surface area (Å²) < 4.78 is 40.2. The minimum atomic E-state index is -5.21. The molecule has 0 saturated carbocycles. The van der Waals surface area contributed by atoms with Gasteiger partial charge in [0.05, 0.1) is 18.4 Å². The summed E-state index contributed by atoms with van der Waals surface area (Å²) in [6.07, 6.45) is 1.70. The third-order valence-corrected chi connectivity index (χ3v) is 5.52. The zero-order valence-electron chi connectivity index (χ0n) is 21.3. The van der Waals surface area contributed by atoms with E-state index in [2.05, 4.69) is 31.8 Å². The van der Waals surface area contributed by atoms with Crippen LogP contribution < -0.4 is 21.5 Å². The molecule has 3 rings (SSSR count). The highest BCUT2D eigenvalue weighted by Crippen LogP contribution is 2.26. The fourth-order valence-electron chi connectivity index (χ4n) is 3.49. The molecule has 3 aromatic rings. The van der Waals surface area contributed by atoms with Gasteiger partial charge in [-0.3, -0.25) is 24.3 Å². The number of aliphatic hydroxyl groups excluding tert-OH is 1. The van der Waals surface area contributed by atoms with Crippen LogP contribution in [-0.4, -0.2) is 49.6 Å². The van der Waals surface area contributed by atoms with Crippen molar-refractivity contribution in [2.24, 2.45) is 0 Å². The summed E-state index contributed by atoms with van der Waals surface area (Å²) in [7, 11) is 0. The maximum atomic E-state index is 13.4. The number of alkyl halides is 3. The van der Waals surface area contributed by atoms with Crippen molar-refractivity contribution < 1.29 is 27.9 Å². The topological polar surface area (TPSA) is 167 Å². The number of nitrogens with two attached hydrogens (primary N) is 1. The molecule has 11 nitrogen and oxygen atoms in total. The van der Waals surface area contributed by atoms with Gasteiger partial charge in [0.1, 0.15) is 5.76 Å². The summed E-state index contributed by atoms with van der Waals surface area (Å²) in [5.41, 5.74) is 5.25. The Hall–Kier alpha value is -5.01. The number of aromatic amines is 1. The molecule has 40 heavy (non-hydrogen) atoms. The summed E-state index contributed by atoms with van der Waals surface area (Å²) in [5.74, 6) is -2.79. The molecule has 1 aromatic carbocycles. The molecule has 0 aliphatic rings. The van der Waals surface area contributed by atoms with Gasteiger partial charge in [0, 0.05) is 17.8 Å². The second-order valence-corrected chi connectivity index (χ2v) is 8.59. The Morgan fingerprint density at radius 1 is 1.20 bits per heavy atom. The van der Waals surface area contributed by atoms with Gasteiger partial charge in [-0.1, -0.05) is 18.2 Å². The Morgan fingerprint density at radius 2 is 1.90 bits per heavy atom. The Labute approximate surface area is 226 Å². The van der Waals surface area contributed by atoms with Gasteiger partial charge >= 0.3 is 12.1 Å². The van der Waals surface area contributed by atoms with Crippen LogP contribution in [0.25, 0.3) is 11.2 Å². The smallest absolute Gasteiger partial charge is 0.471 e. The van der Waals surface area contributed by atoms with E-state index in [4.69, 9.17) is 5.73 Å². The standard InChI is InChI=1S/C26H26F3N7O4/c1-3-19(37)11-6-15(2)5-4-12-31-22(38)16-7-9-18(10-8-16)36(24(40)26(27,28)29)14-17-13-32-21-20(33-17)23(39)35-25(30)34-21/h3,6-11,13,37H,1,4-5,12,14H2,2H3,(H,31,38)(H3,30,32,34,35,39)/b15-6+,19-11+. The number of halogens is 3. The number of hydrogen-bond acceptors (Lipinski definition) is 8. The highest BCUT2D eigenvalue weighted by atomic mass is 19.4. The molecule has 0 bridgehead atoms. The van der Waals surface area contributed by atoms with Crippen LogP contribution in [0, 0.1) is 0 Å². The number of aliphatic hydroxyl groups is 1. The first-order chi connectivity index (χ1) is 18.9. The van der Waals surface area contributed by atoms with Gasteiger partial charge in [-0.25, -0.2) is 9.97 Å². The van der Waals surface area contributed by atoms with E-state index in [1.54, 1.807) is 6.08 Å². The van der Waals surface area contributed by atoms with E-state index in [1.807, 2.05) is 6.92 Å². The van der Waals surface area contributed by atoms with Gasteiger partial charge in [-0.05, 0) is 56.2 Å². The fourth-order valence-corrected chi connectivity index (χ4v) is 3.49. The van der Waals surface area contributed by atoms with E-state index in [1.165, 1.54) is 36.4 Å². The Bertz CT molecular complexity index is 1530. The molecule has 210 valence electrons. The van der Waals surface area contributed by atoms with Crippen LogP contribution in [0.2, 0.25) is 0 Å². The van der Waals surface area contributed by atoms with Crippen molar-refractivity contribution in [2.75, 3.05) is 17.2 Å². The van der Waals surface area contributed by atoms with Crippen LogP contribution in [-0.2, 0) is 11.3 Å². The van der Waals surface area contributed by atoms with Gasteiger partial charge in [-0.2, -0.15) is 18.2 Å². The SMILES string of the molecule is C=C/C(O)=C\C=C(/C)CCCNC(=O)c1ccc(N(Cc2cnc3nc(N)[nH]c(=O)c3n2)C(=O)C(F)(F)F)cc1. The summed E-state index contributed by atoms with van der Waals surface area (Å²) in [5, 5.41) is 12.1. The predicted molar refractivity (Wildman–Crippen MR) is 142 cm³/mol. The summed E-state index contributed by atoms with van der Waals surface area (Å²) in [6, 6.07) is 4.98. The summed E-state index contributed by atoms with van der Waals surface area (Å²) >= 11 is 0. The van der Waals surface area contributed by atoms with Gasteiger partial charge in [-0.15, -0.1) is 0 Å². The number of hydrogen-bond donors (Lipinski definition) is 4. The van der Waals surface area contributed by atoms with Crippen molar-refractivity contribution in [1.82, 2.24) is 25.3 Å². The molecule has 0 saturated heterocycles. The maximum absolute atomic E-state index is 13.4. The van der Waals surface area contributed by atoms with Gasteiger partial charge < -0.3 is 16.2 Å². The van der Waals surface area contributed by atoms with Crippen molar-refractivity contribution in [3.63, 3.8) is 0 Å². The Morgan fingerprint density at radius 3 is 2.55 bits per heavy atom.